The lowest BCUT2D eigenvalue weighted by molar-refractivity contribution is -0.384. The SMILES string of the molecule is CC(C)(CC(N)=O)NCCc1ccc([N+](=O)[O-])cc1. The molecule has 0 aromatic heterocycles. The number of nitrogens with zero attached hydrogens (tertiary/aromatic N) is 1. The van der Waals surface area contributed by atoms with Crippen LogP contribution in [0.1, 0.15) is 25.8 Å². The fourth-order valence-corrected chi connectivity index (χ4v) is 1.83. The molecule has 104 valence electrons. The molecule has 0 unspecified atom stereocenters. The summed E-state index contributed by atoms with van der Waals surface area (Å²) in [7, 11) is 0. The molecule has 0 aliphatic heterocycles. The Labute approximate surface area is 112 Å². The van der Waals surface area contributed by atoms with Crippen LogP contribution >= 0.6 is 0 Å². The van der Waals surface area contributed by atoms with Crippen LogP contribution < -0.4 is 11.1 Å². The summed E-state index contributed by atoms with van der Waals surface area (Å²) in [4.78, 5) is 21.0. The Balaban J connectivity index is 2.45. The third-order valence-electron chi connectivity index (χ3n) is 2.78. The van der Waals surface area contributed by atoms with Crippen molar-refractivity contribution in [3.8, 4) is 0 Å². The second-order valence-electron chi connectivity index (χ2n) is 5.13. The van der Waals surface area contributed by atoms with Crippen LogP contribution in [-0.2, 0) is 11.2 Å². The highest BCUT2D eigenvalue weighted by Gasteiger charge is 2.19. The van der Waals surface area contributed by atoms with E-state index in [2.05, 4.69) is 5.32 Å². The molecule has 0 atom stereocenters. The Hall–Kier alpha value is -1.95. The molecule has 0 fully saturated rings. The van der Waals surface area contributed by atoms with E-state index < -0.39 is 4.92 Å². The van der Waals surface area contributed by atoms with Crippen molar-refractivity contribution >= 4 is 11.6 Å². The zero-order chi connectivity index (χ0) is 14.5. The number of nitro groups is 1. The molecule has 0 heterocycles. The second kappa shape index (κ2) is 6.29. The van der Waals surface area contributed by atoms with Crippen molar-refractivity contribution in [2.45, 2.75) is 32.2 Å². The number of nitrogens with one attached hydrogen (secondary N) is 1. The van der Waals surface area contributed by atoms with Gasteiger partial charge in [0.1, 0.15) is 0 Å². The normalized spacial score (nSPS) is 11.3. The molecule has 0 saturated heterocycles. The first-order chi connectivity index (χ1) is 8.80. The van der Waals surface area contributed by atoms with Gasteiger partial charge in [-0.3, -0.25) is 14.9 Å². The van der Waals surface area contributed by atoms with Gasteiger partial charge in [-0.25, -0.2) is 0 Å². The quantitative estimate of drug-likeness (QED) is 0.574. The zero-order valence-electron chi connectivity index (χ0n) is 11.2. The number of hydrogen-bond donors (Lipinski definition) is 2. The third kappa shape index (κ3) is 5.48. The van der Waals surface area contributed by atoms with Crippen molar-refractivity contribution in [3.05, 3.63) is 39.9 Å². The minimum atomic E-state index is -0.419. The van der Waals surface area contributed by atoms with Crippen LogP contribution in [0.25, 0.3) is 0 Å². The first-order valence-electron chi connectivity index (χ1n) is 6.07. The number of carbonyl (C=O) groups is 1. The summed E-state index contributed by atoms with van der Waals surface area (Å²) >= 11 is 0. The van der Waals surface area contributed by atoms with Crippen LogP contribution in [0.15, 0.2) is 24.3 Å². The minimum Gasteiger partial charge on any atom is -0.370 e. The van der Waals surface area contributed by atoms with Gasteiger partial charge in [0, 0.05) is 24.1 Å². The highest BCUT2D eigenvalue weighted by Crippen LogP contribution is 2.13. The van der Waals surface area contributed by atoms with Gasteiger partial charge in [-0.1, -0.05) is 12.1 Å². The number of nitro benzene ring substituents is 1. The van der Waals surface area contributed by atoms with E-state index >= 15 is 0 Å². The number of rotatable bonds is 7. The van der Waals surface area contributed by atoms with Gasteiger partial charge in [0.2, 0.25) is 5.91 Å². The summed E-state index contributed by atoms with van der Waals surface area (Å²) in [6.45, 7) is 4.50. The molecule has 6 heteroatoms. The molecule has 3 N–H and O–H groups in total. The molecule has 1 aromatic carbocycles. The van der Waals surface area contributed by atoms with E-state index in [1.165, 1.54) is 12.1 Å². The predicted molar refractivity (Wildman–Crippen MR) is 72.7 cm³/mol. The molecule has 0 aliphatic carbocycles. The molecule has 0 radical (unpaired) electrons. The van der Waals surface area contributed by atoms with E-state index in [4.69, 9.17) is 5.73 Å². The molecule has 19 heavy (non-hydrogen) atoms. The maximum absolute atomic E-state index is 10.9. The molecule has 0 saturated carbocycles. The number of amides is 1. The molecule has 1 rings (SSSR count). The molecule has 0 aliphatic rings. The van der Waals surface area contributed by atoms with Gasteiger partial charge >= 0.3 is 0 Å². The van der Waals surface area contributed by atoms with Gasteiger partial charge < -0.3 is 11.1 Å². The summed E-state index contributed by atoms with van der Waals surface area (Å²) in [5.74, 6) is -0.340. The number of primary amides is 1. The van der Waals surface area contributed by atoms with Crippen LogP contribution in [0.2, 0.25) is 0 Å². The zero-order valence-corrected chi connectivity index (χ0v) is 11.2. The summed E-state index contributed by atoms with van der Waals surface area (Å²) in [6, 6.07) is 6.45. The van der Waals surface area contributed by atoms with E-state index in [1.54, 1.807) is 12.1 Å². The van der Waals surface area contributed by atoms with E-state index in [1.807, 2.05) is 13.8 Å². The molecule has 1 amide bonds. The lowest BCUT2D eigenvalue weighted by Crippen LogP contribution is -2.43. The van der Waals surface area contributed by atoms with Gasteiger partial charge in [0.25, 0.3) is 5.69 Å². The van der Waals surface area contributed by atoms with Crippen LogP contribution in [-0.4, -0.2) is 22.9 Å². The average molecular weight is 265 g/mol. The van der Waals surface area contributed by atoms with Gasteiger partial charge in [-0.15, -0.1) is 0 Å². The summed E-state index contributed by atoms with van der Waals surface area (Å²) in [5, 5.41) is 13.8. The first-order valence-corrected chi connectivity index (χ1v) is 6.07. The van der Waals surface area contributed by atoms with Crippen molar-refractivity contribution in [1.29, 1.82) is 0 Å². The number of benzene rings is 1. The van der Waals surface area contributed by atoms with Gasteiger partial charge in [-0.2, -0.15) is 0 Å². The number of hydrogen-bond acceptors (Lipinski definition) is 4. The van der Waals surface area contributed by atoms with Crippen LogP contribution in [0, 0.1) is 10.1 Å². The van der Waals surface area contributed by atoms with Crippen LogP contribution in [0.4, 0.5) is 5.69 Å². The van der Waals surface area contributed by atoms with Crippen molar-refractivity contribution in [1.82, 2.24) is 5.32 Å². The Morgan fingerprint density at radius 2 is 1.95 bits per heavy atom. The second-order valence-corrected chi connectivity index (χ2v) is 5.13. The Morgan fingerprint density at radius 1 is 1.37 bits per heavy atom. The Morgan fingerprint density at radius 3 is 2.42 bits per heavy atom. The highest BCUT2D eigenvalue weighted by atomic mass is 16.6. The number of nitrogens with two attached hydrogens (primary N) is 1. The molecule has 0 spiro atoms. The van der Waals surface area contributed by atoms with Gasteiger partial charge in [-0.05, 0) is 32.4 Å². The summed E-state index contributed by atoms with van der Waals surface area (Å²) in [5.41, 5.74) is 5.92. The molecular weight excluding hydrogens is 246 g/mol. The largest absolute Gasteiger partial charge is 0.370 e. The maximum Gasteiger partial charge on any atom is 0.269 e. The van der Waals surface area contributed by atoms with Gasteiger partial charge in [0.05, 0.1) is 4.92 Å². The van der Waals surface area contributed by atoms with E-state index in [9.17, 15) is 14.9 Å². The highest BCUT2D eigenvalue weighted by molar-refractivity contribution is 5.74. The molecular formula is C13H19N3O3. The summed E-state index contributed by atoms with van der Waals surface area (Å²) < 4.78 is 0. The Kier molecular flexibility index (Phi) is 5.00. The number of carbonyl (C=O) groups excluding carboxylic acids is 1. The molecule has 1 aromatic rings. The van der Waals surface area contributed by atoms with Crippen LogP contribution in [0.3, 0.4) is 0 Å². The topological polar surface area (TPSA) is 98.3 Å². The predicted octanol–water partition coefficient (Wildman–Crippen LogP) is 1.38. The third-order valence-corrected chi connectivity index (χ3v) is 2.78. The van der Waals surface area contributed by atoms with Crippen LogP contribution in [0.5, 0.6) is 0 Å². The lowest BCUT2D eigenvalue weighted by Gasteiger charge is -2.24. The lowest BCUT2D eigenvalue weighted by atomic mass is 10.00. The van der Waals surface area contributed by atoms with E-state index in [-0.39, 0.29) is 23.6 Å². The molecule has 6 nitrogen and oxygen atoms in total. The number of non-ortho nitro benzene ring substituents is 1. The van der Waals surface area contributed by atoms with Crippen molar-refractivity contribution in [2.24, 2.45) is 5.73 Å². The maximum atomic E-state index is 10.9. The van der Waals surface area contributed by atoms with Gasteiger partial charge in [0.15, 0.2) is 0 Å². The van der Waals surface area contributed by atoms with Crippen molar-refractivity contribution in [3.63, 3.8) is 0 Å². The fraction of sp³-hybridized carbons (Fsp3) is 0.462. The first kappa shape index (κ1) is 15.1. The average Bonchev–Trinajstić information content (AvgIpc) is 2.27. The standard InChI is InChI=1S/C13H19N3O3/c1-13(2,9-12(14)17)15-8-7-10-3-5-11(6-4-10)16(18)19/h3-6,15H,7-9H2,1-2H3,(H2,14,17). The van der Waals surface area contributed by atoms with E-state index in [0.29, 0.717) is 6.54 Å². The van der Waals surface area contributed by atoms with Crippen molar-refractivity contribution in [2.75, 3.05) is 6.54 Å². The van der Waals surface area contributed by atoms with Crippen molar-refractivity contribution < 1.29 is 9.72 Å². The smallest absolute Gasteiger partial charge is 0.269 e. The fourth-order valence-electron chi connectivity index (χ4n) is 1.83. The Bertz CT molecular complexity index is 455. The monoisotopic (exact) mass is 265 g/mol. The molecule has 0 bridgehead atoms. The minimum absolute atomic E-state index is 0.0887. The van der Waals surface area contributed by atoms with E-state index in [0.717, 1.165) is 12.0 Å². The summed E-state index contributed by atoms with van der Waals surface area (Å²) in [6.07, 6.45) is 1.01.